The van der Waals surface area contributed by atoms with Crippen LogP contribution < -0.4 is 5.76 Å². The predicted octanol–water partition coefficient (Wildman–Crippen LogP) is 4.01. The van der Waals surface area contributed by atoms with Crippen molar-refractivity contribution in [3.63, 3.8) is 0 Å². The Labute approximate surface area is 127 Å². The van der Waals surface area contributed by atoms with Gasteiger partial charge in [0.25, 0.3) is 0 Å². The van der Waals surface area contributed by atoms with E-state index in [0.29, 0.717) is 18.2 Å². The summed E-state index contributed by atoms with van der Waals surface area (Å²) in [5.41, 5.74) is 2.58. The zero-order valence-electron chi connectivity index (χ0n) is 11.3. The van der Waals surface area contributed by atoms with Crippen molar-refractivity contribution >= 4 is 11.6 Å². The van der Waals surface area contributed by atoms with Gasteiger partial charge >= 0.3 is 5.76 Å². The first-order chi connectivity index (χ1) is 10.3. The molecule has 0 fully saturated rings. The first-order valence-corrected chi connectivity index (χ1v) is 7.25. The van der Waals surface area contributed by atoms with Crippen LogP contribution in [0.2, 0.25) is 0 Å². The highest BCUT2D eigenvalue weighted by molar-refractivity contribution is 6.17. The van der Waals surface area contributed by atoms with Crippen molar-refractivity contribution in [1.29, 1.82) is 0 Å². The maximum Gasteiger partial charge on any atom is 0.420 e. The number of alkyl halides is 1. The number of aromatic nitrogens is 1. The Balaban J connectivity index is 2.26. The number of oxazole rings is 1. The van der Waals surface area contributed by atoms with Crippen LogP contribution in [0.5, 0.6) is 0 Å². The van der Waals surface area contributed by atoms with E-state index in [1.807, 2.05) is 60.7 Å². The summed E-state index contributed by atoms with van der Waals surface area (Å²) in [5.74, 6) is 0.554. The van der Waals surface area contributed by atoms with Gasteiger partial charge in [0.1, 0.15) is 0 Å². The van der Waals surface area contributed by atoms with Gasteiger partial charge in [0, 0.05) is 23.6 Å². The number of benzene rings is 2. The molecule has 0 atom stereocenters. The molecule has 1 aromatic heterocycles. The van der Waals surface area contributed by atoms with Crippen molar-refractivity contribution in [2.24, 2.45) is 0 Å². The summed E-state index contributed by atoms with van der Waals surface area (Å²) in [6, 6.07) is 19.4. The van der Waals surface area contributed by atoms with Gasteiger partial charge in [-0.1, -0.05) is 60.7 Å². The fourth-order valence-corrected chi connectivity index (χ4v) is 2.53. The molecule has 0 N–H and O–H groups in total. The summed E-state index contributed by atoms with van der Waals surface area (Å²) in [5, 5.41) is 0. The molecular weight excluding hydrogens is 286 g/mol. The molecule has 0 saturated heterocycles. The molecule has 0 aliphatic rings. The van der Waals surface area contributed by atoms with Gasteiger partial charge in [0.2, 0.25) is 0 Å². The molecule has 3 rings (SSSR count). The largest absolute Gasteiger partial charge is 0.420 e. The highest BCUT2D eigenvalue weighted by atomic mass is 35.5. The highest BCUT2D eigenvalue weighted by Crippen LogP contribution is 2.31. The van der Waals surface area contributed by atoms with Crippen molar-refractivity contribution in [3.05, 3.63) is 71.2 Å². The minimum absolute atomic E-state index is 0.355. The Kier molecular flexibility index (Phi) is 3.93. The Morgan fingerprint density at radius 1 is 0.905 bits per heavy atom. The van der Waals surface area contributed by atoms with Gasteiger partial charge in [-0.25, -0.2) is 4.79 Å². The normalized spacial score (nSPS) is 10.7. The van der Waals surface area contributed by atoms with Gasteiger partial charge in [-0.2, -0.15) is 0 Å². The number of hydrogen-bond donors (Lipinski definition) is 0. The lowest BCUT2D eigenvalue weighted by Gasteiger charge is -2.07. The summed E-state index contributed by atoms with van der Waals surface area (Å²) >= 11 is 5.82. The SMILES string of the molecule is O=c1oc(-c2ccccc2)c(-c2ccccc2)n1CCCl. The number of rotatable bonds is 4. The van der Waals surface area contributed by atoms with Crippen molar-refractivity contribution in [3.8, 4) is 22.6 Å². The molecule has 0 spiro atoms. The lowest BCUT2D eigenvalue weighted by Crippen LogP contribution is -2.16. The van der Waals surface area contributed by atoms with Crippen LogP contribution in [0.4, 0.5) is 0 Å². The Bertz CT molecular complexity index is 776. The molecule has 21 heavy (non-hydrogen) atoms. The van der Waals surface area contributed by atoms with Crippen LogP contribution in [-0.4, -0.2) is 10.4 Å². The minimum Gasteiger partial charge on any atom is -0.407 e. The molecule has 0 aliphatic carbocycles. The monoisotopic (exact) mass is 299 g/mol. The Morgan fingerprint density at radius 2 is 1.48 bits per heavy atom. The fourth-order valence-electron chi connectivity index (χ4n) is 2.36. The maximum absolute atomic E-state index is 12.1. The molecule has 3 nitrogen and oxygen atoms in total. The van der Waals surface area contributed by atoms with E-state index in [1.54, 1.807) is 4.57 Å². The van der Waals surface area contributed by atoms with E-state index in [0.717, 1.165) is 16.8 Å². The second-order valence-electron chi connectivity index (χ2n) is 4.62. The smallest absolute Gasteiger partial charge is 0.407 e. The quantitative estimate of drug-likeness (QED) is 0.682. The molecule has 0 bridgehead atoms. The maximum atomic E-state index is 12.1. The predicted molar refractivity (Wildman–Crippen MR) is 84.6 cm³/mol. The lowest BCUT2D eigenvalue weighted by atomic mass is 10.1. The van der Waals surface area contributed by atoms with Crippen LogP contribution in [0.15, 0.2) is 69.9 Å². The summed E-state index contributed by atoms with van der Waals surface area (Å²) in [4.78, 5) is 12.1. The Hall–Kier alpha value is -2.26. The molecule has 0 unspecified atom stereocenters. The fraction of sp³-hybridized carbons (Fsp3) is 0.118. The van der Waals surface area contributed by atoms with E-state index in [2.05, 4.69) is 0 Å². The average Bonchev–Trinajstić information content (AvgIpc) is 2.86. The second-order valence-corrected chi connectivity index (χ2v) is 5.00. The zero-order valence-corrected chi connectivity index (χ0v) is 12.1. The van der Waals surface area contributed by atoms with Crippen molar-refractivity contribution in [2.75, 3.05) is 5.88 Å². The molecule has 0 saturated carbocycles. The van der Waals surface area contributed by atoms with Crippen LogP contribution >= 0.6 is 11.6 Å². The van der Waals surface area contributed by atoms with E-state index in [4.69, 9.17) is 16.0 Å². The molecule has 4 heteroatoms. The van der Waals surface area contributed by atoms with Gasteiger partial charge in [-0.15, -0.1) is 11.6 Å². The van der Waals surface area contributed by atoms with Crippen LogP contribution in [0, 0.1) is 0 Å². The van der Waals surface area contributed by atoms with E-state index in [9.17, 15) is 4.79 Å². The molecule has 0 aliphatic heterocycles. The first-order valence-electron chi connectivity index (χ1n) is 6.71. The number of halogens is 1. The van der Waals surface area contributed by atoms with E-state index < -0.39 is 0 Å². The third kappa shape index (κ3) is 2.65. The molecule has 0 radical (unpaired) electrons. The van der Waals surface area contributed by atoms with E-state index in [1.165, 1.54) is 0 Å². The summed E-state index contributed by atoms with van der Waals surface area (Å²) < 4.78 is 7.08. The van der Waals surface area contributed by atoms with Gasteiger partial charge in [0.15, 0.2) is 5.76 Å². The summed E-state index contributed by atoms with van der Waals surface area (Å²) in [6.07, 6.45) is 0. The average molecular weight is 300 g/mol. The topological polar surface area (TPSA) is 35.1 Å². The van der Waals surface area contributed by atoms with Crippen LogP contribution in [-0.2, 0) is 6.54 Å². The highest BCUT2D eigenvalue weighted by Gasteiger charge is 2.19. The van der Waals surface area contributed by atoms with Crippen molar-refractivity contribution in [1.82, 2.24) is 4.57 Å². The molecule has 106 valence electrons. The molecule has 1 heterocycles. The third-order valence-corrected chi connectivity index (χ3v) is 3.46. The van der Waals surface area contributed by atoms with Crippen LogP contribution in [0.3, 0.4) is 0 Å². The summed E-state index contributed by atoms with van der Waals surface area (Å²) in [7, 11) is 0. The summed E-state index contributed by atoms with van der Waals surface area (Å²) in [6.45, 7) is 0.418. The molecular formula is C17H14ClNO2. The van der Waals surface area contributed by atoms with Crippen molar-refractivity contribution in [2.45, 2.75) is 6.54 Å². The first kappa shape index (κ1) is 13.7. The van der Waals surface area contributed by atoms with Gasteiger partial charge in [-0.3, -0.25) is 4.57 Å². The number of nitrogens with zero attached hydrogens (tertiary/aromatic N) is 1. The molecule has 2 aromatic carbocycles. The van der Waals surface area contributed by atoms with Crippen LogP contribution in [0.1, 0.15) is 0 Å². The van der Waals surface area contributed by atoms with Gasteiger partial charge in [0.05, 0.1) is 5.69 Å². The lowest BCUT2D eigenvalue weighted by molar-refractivity contribution is 0.494. The Morgan fingerprint density at radius 3 is 2.05 bits per heavy atom. The van der Waals surface area contributed by atoms with Crippen molar-refractivity contribution < 1.29 is 4.42 Å². The van der Waals surface area contributed by atoms with E-state index in [-0.39, 0.29) is 5.76 Å². The van der Waals surface area contributed by atoms with Crippen LogP contribution in [0.25, 0.3) is 22.6 Å². The minimum atomic E-state index is -0.381. The standard InChI is InChI=1S/C17H14ClNO2/c18-11-12-19-15(13-7-3-1-4-8-13)16(21-17(19)20)14-9-5-2-6-10-14/h1-10H,11-12H2. The van der Waals surface area contributed by atoms with E-state index >= 15 is 0 Å². The number of hydrogen-bond acceptors (Lipinski definition) is 2. The second kappa shape index (κ2) is 6.02. The molecule has 0 amide bonds. The zero-order chi connectivity index (χ0) is 14.7. The van der Waals surface area contributed by atoms with Gasteiger partial charge < -0.3 is 4.42 Å². The van der Waals surface area contributed by atoms with Gasteiger partial charge in [-0.05, 0) is 0 Å². The molecule has 3 aromatic rings. The third-order valence-electron chi connectivity index (χ3n) is 3.29.